The SMILES string of the molecule is CNC(CC1CCCC1)C1(N(C)C)CCCCCC1. The molecular formula is C17H34N2. The summed E-state index contributed by atoms with van der Waals surface area (Å²) >= 11 is 0. The largest absolute Gasteiger partial charge is 0.315 e. The molecule has 0 spiro atoms. The van der Waals surface area contributed by atoms with Gasteiger partial charge in [-0.2, -0.15) is 0 Å². The lowest BCUT2D eigenvalue weighted by Crippen LogP contribution is -2.58. The highest BCUT2D eigenvalue weighted by Gasteiger charge is 2.41. The highest BCUT2D eigenvalue weighted by atomic mass is 15.2. The van der Waals surface area contributed by atoms with Crippen molar-refractivity contribution in [2.45, 2.75) is 82.2 Å². The summed E-state index contributed by atoms with van der Waals surface area (Å²) in [6, 6.07) is 0.684. The van der Waals surface area contributed by atoms with Gasteiger partial charge in [0.2, 0.25) is 0 Å². The fourth-order valence-electron chi connectivity index (χ4n) is 4.63. The van der Waals surface area contributed by atoms with E-state index in [-0.39, 0.29) is 0 Å². The highest BCUT2D eigenvalue weighted by Crippen LogP contribution is 2.38. The van der Waals surface area contributed by atoms with Crippen LogP contribution in [0.2, 0.25) is 0 Å². The molecule has 0 radical (unpaired) electrons. The molecule has 2 aliphatic rings. The van der Waals surface area contributed by atoms with Crippen LogP contribution in [0, 0.1) is 5.92 Å². The summed E-state index contributed by atoms with van der Waals surface area (Å²) in [6.45, 7) is 0. The van der Waals surface area contributed by atoms with Crippen molar-refractivity contribution < 1.29 is 0 Å². The molecule has 0 aliphatic heterocycles. The third-order valence-corrected chi connectivity index (χ3v) is 5.90. The molecule has 0 saturated heterocycles. The molecule has 2 nitrogen and oxygen atoms in total. The maximum absolute atomic E-state index is 3.71. The van der Waals surface area contributed by atoms with Gasteiger partial charge >= 0.3 is 0 Å². The van der Waals surface area contributed by atoms with Crippen LogP contribution in [0.4, 0.5) is 0 Å². The van der Waals surface area contributed by atoms with Crippen LogP contribution in [0.15, 0.2) is 0 Å². The predicted octanol–water partition coefficient (Wildman–Crippen LogP) is 3.81. The zero-order valence-corrected chi connectivity index (χ0v) is 13.4. The normalized spacial score (nSPS) is 26.5. The Bertz CT molecular complexity index is 248. The lowest BCUT2D eigenvalue weighted by Gasteiger charge is -2.46. The first-order valence-electron chi connectivity index (χ1n) is 8.54. The predicted molar refractivity (Wildman–Crippen MR) is 83.5 cm³/mol. The molecule has 0 aromatic carbocycles. The van der Waals surface area contributed by atoms with Crippen LogP contribution in [-0.4, -0.2) is 37.6 Å². The minimum atomic E-state index is 0.411. The van der Waals surface area contributed by atoms with Crippen molar-refractivity contribution in [3.63, 3.8) is 0 Å². The van der Waals surface area contributed by atoms with Crippen molar-refractivity contribution in [2.24, 2.45) is 5.92 Å². The first kappa shape index (κ1) is 15.3. The van der Waals surface area contributed by atoms with Crippen LogP contribution >= 0.6 is 0 Å². The van der Waals surface area contributed by atoms with Crippen molar-refractivity contribution in [2.75, 3.05) is 21.1 Å². The Labute approximate surface area is 120 Å². The monoisotopic (exact) mass is 266 g/mol. The van der Waals surface area contributed by atoms with E-state index in [4.69, 9.17) is 0 Å². The van der Waals surface area contributed by atoms with Crippen LogP contribution in [-0.2, 0) is 0 Å². The zero-order chi connectivity index (χ0) is 13.7. The summed E-state index contributed by atoms with van der Waals surface area (Å²) in [7, 11) is 6.81. The van der Waals surface area contributed by atoms with Crippen molar-refractivity contribution >= 4 is 0 Å². The second-order valence-corrected chi connectivity index (χ2v) is 7.14. The molecule has 112 valence electrons. The topological polar surface area (TPSA) is 15.3 Å². The Morgan fingerprint density at radius 3 is 2.05 bits per heavy atom. The number of nitrogens with one attached hydrogen (secondary N) is 1. The third kappa shape index (κ3) is 3.52. The summed E-state index contributed by atoms with van der Waals surface area (Å²) in [5.41, 5.74) is 0.411. The molecule has 0 amide bonds. The van der Waals surface area contributed by atoms with Gasteiger partial charge in [-0.15, -0.1) is 0 Å². The summed E-state index contributed by atoms with van der Waals surface area (Å²) in [4.78, 5) is 2.55. The van der Waals surface area contributed by atoms with Crippen molar-refractivity contribution in [1.82, 2.24) is 10.2 Å². The van der Waals surface area contributed by atoms with Gasteiger partial charge in [-0.1, -0.05) is 51.4 Å². The number of nitrogens with zero attached hydrogens (tertiary/aromatic N) is 1. The molecule has 1 atom stereocenters. The van der Waals surface area contributed by atoms with Crippen molar-refractivity contribution in [1.29, 1.82) is 0 Å². The smallest absolute Gasteiger partial charge is 0.0356 e. The van der Waals surface area contributed by atoms with Gasteiger partial charge in [0.1, 0.15) is 0 Å². The Balaban J connectivity index is 2.08. The Morgan fingerprint density at radius 2 is 1.58 bits per heavy atom. The van der Waals surface area contributed by atoms with Gasteiger partial charge in [-0.3, -0.25) is 0 Å². The average molecular weight is 266 g/mol. The van der Waals surface area contributed by atoms with E-state index in [0.29, 0.717) is 11.6 Å². The fourth-order valence-corrected chi connectivity index (χ4v) is 4.63. The maximum atomic E-state index is 3.71. The molecular weight excluding hydrogens is 232 g/mol. The molecule has 19 heavy (non-hydrogen) atoms. The molecule has 1 unspecified atom stereocenters. The average Bonchev–Trinajstić information content (AvgIpc) is 2.78. The van der Waals surface area contributed by atoms with Crippen LogP contribution < -0.4 is 5.32 Å². The standard InChI is InChI=1S/C17H34N2/c1-18-16(14-15-10-6-7-11-15)17(19(2)3)12-8-4-5-9-13-17/h15-16,18H,4-14H2,1-3H3. The van der Waals surface area contributed by atoms with Crippen LogP contribution in [0.1, 0.15) is 70.6 Å². The van der Waals surface area contributed by atoms with Gasteiger partial charge in [-0.05, 0) is 46.3 Å². The first-order chi connectivity index (χ1) is 9.19. The summed E-state index contributed by atoms with van der Waals surface area (Å²) in [5.74, 6) is 0.984. The van der Waals surface area contributed by atoms with E-state index in [1.165, 1.54) is 70.6 Å². The lowest BCUT2D eigenvalue weighted by molar-refractivity contribution is 0.0721. The van der Waals surface area contributed by atoms with Crippen molar-refractivity contribution in [3.8, 4) is 0 Å². The molecule has 0 aromatic heterocycles. The second kappa shape index (κ2) is 7.08. The number of hydrogen-bond acceptors (Lipinski definition) is 2. The van der Waals surface area contributed by atoms with E-state index in [9.17, 15) is 0 Å². The van der Waals surface area contributed by atoms with E-state index >= 15 is 0 Å². The van der Waals surface area contributed by atoms with E-state index in [1.54, 1.807) is 0 Å². The van der Waals surface area contributed by atoms with E-state index in [0.717, 1.165) is 5.92 Å². The summed E-state index contributed by atoms with van der Waals surface area (Å²) < 4.78 is 0. The van der Waals surface area contributed by atoms with Gasteiger partial charge in [0.15, 0.2) is 0 Å². The molecule has 2 aliphatic carbocycles. The molecule has 2 rings (SSSR count). The number of hydrogen-bond donors (Lipinski definition) is 1. The fraction of sp³-hybridized carbons (Fsp3) is 1.00. The minimum absolute atomic E-state index is 0.411. The van der Waals surface area contributed by atoms with Crippen LogP contribution in [0.25, 0.3) is 0 Å². The van der Waals surface area contributed by atoms with Gasteiger partial charge in [0.25, 0.3) is 0 Å². The maximum Gasteiger partial charge on any atom is 0.0356 e. The molecule has 1 N–H and O–H groups in total. The molecule has 0 bridgehead atoms. The Morgan fingerprint density at radius 1 is 1.00 bits per heavy atom. The quantitative estimate of drug-likeness (QED) is 0.761. The van der Waals surface area contributed by atoms with Gasteiger partial charge in [-0.25, -0.2) is 0 Å². The zero-order valence-electron chi connectivity index (χ0n) is 13.4. The minimum Gasteiger partial charge on any atom is -0.315 e. The van der Waals surface area contributed by atoms with Gasteiger partial charge < -0.3 is 10.2 Å². The summed E-state index contributed by atoms with van der Waals surface area (Å²) in [5, 5.41) is 3.71. The molecule has 0 heterocycles. The molecule has 0 aromatic rings. The van der Waals surface area contributed by atoms with Crippen LogP contribution in [0.3, 0.4) is 0 Å². The first-order valence-corrected chi connectivity index (χ1v) is 8.54. The highest BCUT2D eigenvalue weighted by molar-refractivity contribution is 5.00. The van der Waals surface area contributed by atoms with Gasteiger partial charge in [0, 0.05) is 11.6 Å². The molecule has 2 fully saturated rings. The van der Waals surface area contributed by atoms with E-state index in [1.807, 2.05) is 0 Å². The molecule has 2 saturated carbocycles. The van der Waals surface area contributed by atoms with Crippen LogP contribution in [0.5, 0.6) is 0 Å². The third-order valence-electron chi connectivity index (χ3n) is 5.90. The second-order valence-electron chi connectivity index (χ2n) is 7.14. The Kier molecular flexibility index (Phi) is 5.70. The van der Waals surface area contributed by atoms with Crippen molar-refractivity contribution in [3.05, 3.63) is 0 Å². The summed E-state index contributed by atoms with van der Waals surface area (Å²) in [6.07, 6.45) is 15.8. The van der Waals surface area contributed by atoms with E-state index in [2.05, 4.69) is 31.4 Å². The number of likely N-dealkylation sites (N-methyl/N-ethyl adjacent to an activating group) is 2. The lowest BCUT2D eigenvalue weighted by atomic mass is 9.77. The van der Waals surface area contributed by atoms with E-state index < -0.39 is 0 Å². The number of rotatable bonds is 5. The van der Waals surface area contributed by atoms with Gasteiger partial charge in [0.05, 0.1) is 0 Å². The molecule has 2 heteroatoms. The Hall–Kier alpha value is -0.0800.